The maximum absolute atomic E-state index is 11.6. The molecule has 86 valence electrons. The number of hydrogen-bond donors (Lipinski definition) is 0. The molecule has 0 aromatic carbocycles. The molecule has 0 N–H and O–H groups in total. The number of nitrogens with zero attached hydrogens (tertiary/aromatic N) is 1. The summed E-state index contributed by atoms with van der Waals surface area (Å²) < 4.78 is 0. The van der Waals surface area contributed by atoms with Crippen molar-refractivity contribution in [2.75, 3.05) is 13.6 Å². The topological polar surface area (TPSA) is 20.3 Å². The fraction of sp³-hybridized carbons (Fsp3) is 0.769. The smallest absolute Gasteiger partial charge is 0.157 e. The summed E-state index contributed by atoms with van der Waals surface area (Å²) in [5, 5.41) is 0. The number of hydrogen-bond acceptors (Lipinski definition) is 2. The molecule has 0 saturated heterocycles. The molecule has 1 aliphatic rings. The fourth-order valence-electron chi connectivity index (χ4n) is 2.10. The Hall–Kier alpha value is -0.790. The van der Waals surface area contributed by atoms with E-state index in [4.69, 9.17) is 0 Å². The third-order valence-electron chi connectivity index (χ3n) is 2.98. The minimum atomic E-state index is 0.141. The Balaban J connectivity index is 2.64. The van der Waals surface area contributed by atoms with E-state index in [0.29, 0.717) is 6.42 Å². The summed E-state index contributed by atoms with van der Waals surface area (Å²) in [6.45, 7) is 7.60. The van der Waals surface area contributed by atoms with Crippen LogP contribution in [0.15, 0.2) is 11.8 Å². The van der Waals surface area contributed by atoms with E-state index in [1.54, 1.807) is 0 Å². The average molecular weight is 209 g/mol. The molecule has 0 radical (unpaired) electrons. The van der Waals surface area contributed by atoms with E-state index in [1.165, 1.54) is 18.5 Å². The highest BCUT2D eigenvalue weighted by Gasteiger charge is 2.28. The van der Waals surface area contributed by atoms with Crippen LogP contribution in [0, 0.1) is 5.41 Å². The van der Waals surface area contributed by atoms with Gasteiger partial charge in [0.2, 0.25) is 0 Å². The van der Waals surface area contributed by atoms with Gasteiger partial charge in [-0.25, -0.2) is 0 Å². The molecule has 0 bridgehead atoms. The van der Waals surface area contributed by atoms with Crippen LogP contribution in [0.5, 0.6) is 0 Å². The van der Waals surface area contributed by atoms with Crippen molar-refractivity contribution in [3.63, 3.8) is 0 Å². The van der Waals surface area contributed by atoms with Crippen LogP contribution in [0.25, 0.3) is 0 Å². The van der Waals surface area contributed by atoms with Crippen molar-refractivity contribution >= 4 is 5.78 Å². The number of ketones is 1. The van der Waals surface area contributed by atoms with Gasteiger partial charge in [-0.3, -0.25) is 4.79 Å². The molecular formula is C13H23NO. The van der Waals surface area contributed by atoms with Crippen LogP contribution >= 0.6 is 0 Å². The number of unbranched alkanes of at least 4 members (excludes halogenated alkanes) is 1. The van der Waals surface area contributed by atoms with Crippen molar-refractivity contribution in [2.45, 2.75) is 46.5 Å². The summed E-state index contributed by atoms with van der Waals surface area (Å²) in [4.78, 5) is 13.8. The molecule has 0 saturated carbocycles. The molecule has 0 amide bonds. The normalized spacial score (nSPS) is 20.0. The summed E-state index contributed by atoms with van der Waals surface area (Å²) in [6.07, 6.45) is 5.95. The molecule has 2 nitrogen and oxygen atoms in total. The van der Waals surface area contributed by atoms with Gasteiger partial charge in [0.05, 0.1) is 0 Å². The predicted octanol–water partition coefficient (Wildman–Crippen LogP) is 2.99. The number of allylic oxidation sites excluding steroid dienone is 2. The third-order valence-corrected chi connectivity index (χ3v) is 2.98. The molecule has 0 unspecified atom stereocenters. The zero-order valence-electron chi connectivity index (χ0n) is 10.5. The van der Waals surface area contributed by atoms with E-state index in [0.717, 1.165) is 13.0 Å². The highest BCUT2D eigenvalue weighted by atomic mass is 16.1. The minimum absolute atomic E-state index is 0.141. The highest BCUT2D eigenvalue weighted by molar-refractivity contribution is 5.91. The number of carbonyl (C=O) groups excluding carboxylic acids is 1. The minimum Gasteiger partial charge on any atom is -0.378 e. The van der Waals surface area contributed by atoms with Gasteiger partial charge in [0.1, 0.15) is 0 Å². The Morgan fingerprint density at radius 1 is 1.40 bits per heavy atom. The van der Waals surface area contributed by atoms with Gasteiger partial charge in [-0.1, -0.05) is 27.2 Å². The van der Waals surface area contributed by atoms with Crippen molar-refractivity contribution < 1.29 is 4.79 Å². The lowest BCUT2D eigenvalue weighted by molar-refractivity contribution is -0.117. The second kappa shape index (κ2) is 4.82. The fourth-order valence-corrected chi connectivity index (χ4v) is 2.10. The molecule has 0 aromatic heterocycles. The molecular weight excluding hydrogens is 186 g/mol. The van der Waals surface area contributed by atoms with Crippen LogP contribution in [0.4, 0.5) is 0 Å². The lowest BCUT2D eigenvalue weighted by Crippen LogP contribution is -2.29. The summed E-state index contributed by atoms with van der Waals surface area (Å²) in [5.74, 6) is 0.282. The SMILES string of the molecule is CCCCN(C)C1=CC(=O)CC(C)(C)C1. The van der Waals surface area contributed by atoms with E-state index in [9.17, 15) is 4.79 Å². The van der Waals surface area contributed by atoms with Gasteiger partial charge in [0.25, 0.3) is 0 Å². The molecule has 0 fully saturated rings. The van der Waals surface area contributed by atoms with E-state index in [1.807, 2.05) is 6.08 Å². The molecule has 0 heterocycles. The maximum Gasteiger partial charge on any atom is 0.157 e. The predicted molar refractivity (Wildman–Crippen MR) is 63.6 cm³/mol. The van der Waals surface area contributed by atoms with Crippen molar-refractivity contribution in [3.8, 4) is 0 Å². The first-order valence-electron chi connectivity index (χ1n) is 5.89. The van der Waals surface area contributed by atoms with Crippen LogP contribution in [0.1, 0.15) is 46.5 Å². The third kappa shape index (κ3) is 3.69. The number of rotatable bonds is 4. The molecule has 15 heavy (non-hydrogen) atoms. The zero-order valence-corrected chi connectivity index (χ0v) is 10.5. The Bertz CT molecular complexity index is 266. The van der Waals surface area contributed by atoms with Crippen molar-refractivity contribution in [1.29, 1.82) is 0 Å². The van der Waals surface area contributed by atoms with Crippen molar-refractivity contribution in [3.05, 3.63) is 11.8 Å². The van der Waals surface area contributed by atoms with Crippen molar-refractivity contribution in [1.82, 2.24) is 4.90 Å². The van der Waals surface area contributed by atoms with Gasteiger partial charge in [-0.15, -0.1) is 0 Å². The molecule has 1 aliphatic carbocycles. The molecule has 0 aromatic rings. The molecule has 0 aliphatic heterocycles. The first-order chi connectivity index (χ1) is 6.94. The summed E-state index contributed by atoms with van der Waals surface area (Å²) in [6, 6.07) is 0. The molecule has 0 atom stereocenters. The van der Waals surface area contributed by atoms with Gasteiger partial charge >= 0.3 is 0 Å². The second-order valence-corrected chi connectivity index (χ2v) is 5.39. The van der Waals surface area contributed by atoms with E-state index < -0.39 is 0 Å². The van der Waals surface area contributed by atoms with Crippen LogP contribution in [0.3, 0.4) is 0 Å². The van der Waals surface area contributed by atoms with Crippen LogP contribution in [-0.2, 0) is 4.79 Å². The Labute approximate surface area is 93.3 Å². The van der Waals surface area contributed by atoms with Gasteiger partial charge in [0.15, 0.2) is 5.78 Å². The van der Waals surface area contributed by atoms with Gasteiger partial charge in [-0.2, -0.15) is 0 Å². The van der Waals surface area contributed by atoms with Gasteiger partial charge in [0, 0.05) is 31.8 Å². The van der Waals surface area contributed by atoms with E-state index >= 15 is 0 Å². The molecule has 0 spiro atoms. The van der Waals surface area contributed by atoms with Crippen LogP contribution < -0.4 is 0 Å². The largest absolute Gasteiger partial charge is 0.378 e. The first-order valence-corrected chi connectivity index (χ1v) is 5.89. The van der Waals surface area contributed by atoms with Gasteiger partial charge < -0.3 is 4.90 Å². The summed E-state index contributed by atoms with van der Waals surface area (Å²) >= 11 is 0. The van der Waals surface area contributed by atoms with Crippen LogP contribution in [-0.4, -0.2) is 24.3 Å². The second-order valence-electron chi connectivity index (χ2n) is 5.39. The molecule has 2 heteroatoms. The number of carbonyl (C=O) groups is 1. The molecule has 1 rings (SSSR count). The van der Waals surface area contributed by atoms with E-state index in [-0.39, 0.29) is 11.2 Å². The monoisotopic (exact) mass is 209 g/mol. The standard InChI is InChI=1S/C13H23NO/c1-5-6-7-14(4)11-8-12(15)10-13(2,3)9-11/h8H,5-7,9-10H2,1-4H3. The van der Waals surface area contributed by atoms with Crippen molar-refractivity contribution in [2.24, 2.45) is 5.41 Å². The first kappa shape index (κ1) is 12.3. The lowest BCUT2D eigenvalue weighted by atomic mass is 9.78. The highest BCUT2D eigenvalue weighted by Crippen LogP contribution is 2.34. The summed E-state index contributed by atoms with van der Waals surface area (Å²) in [7, 11) is 2.09. The average Bonchev–Trinajstić information content (AvgIpc) is 2.10. The Morgan fingerprint density at radius 3 is 2.60 bits per heavy atom. The Morgan fingerprint density at radius 2 is 2.07 bits per heavy atom. The van der Waals surface area contributed by atoms with E-state index in [2.05, 4.69) is 32.7 Å². The van der Waals surface area contributed by atoms with Crippen LogP contribution in [0.2, 0.25) is 0 Å². The Kier molecular flexibility index (Phi) is 3.95. The lowest BCUT2D eigenvalue weighted by Gasteiger charge is -2.33. The summed E-state index contributed by atoms with van der Waals surface area (Å²) in [5.41, 5.74) is 1.35. The quantitative estimate of drug-likeness (QED) is 0.709. The van der Waals surface area contributed by atoms with Gasteiger partial charge in [-0.05, 0) is 18.3 Å². The maximum atomic E-state index is 11.6. The zero-order chi connectivity index (χ0) is 11.5.